The summed E-state index contributed by atoms with van der Waals surface area (Å²) in [5.74, 6) is 0.764. The van der Waals surface area contributed by atoms with Gasteiger partial charge in [-0.05, 0) is 28.1 Å². The molecule has 1 fully saturated rings. The number of thiocarbonyl (C=S) groups is 1. The Hall–Kier alpha value is -1.12. The molecule has 3 nitrogen and oxygen atoms in total. The highest BCUT2D eigenvalue weighted by atomic mass is 32.2. The highest BCUT2D eigenvalue weighted by Gasteiger charge is 2.54. The number of hydrogen-bond acceptors (Lipinski definition) is 5. The first kappa shape index (κ1) is 24.5. The highest BCUT2D eigenvalue weighted by molar-refractivity contribution is 8.47. The second kappa shape index (κ2) is 10.2. The van der Waals surface area contributed by atoms with E-state index in [2.05, 4.69) is 81.5 Å². The van der Waals surface area contributed by atoms with Gasteiger partial charge in [0, 0.05) is 0 Å². The summed E-state index contributed by atoms with van der Waals surface area (Å²) >= 11 is 8.69. The van der Waals surface area contributed by atoms with E-state index in [0.717, 1.165) is 9.28 Å². The van der Waals surface area contributed by atoms with E-state index >= 15 is 0 Å². The van der Waals surface area contributed by atoms with Crippen molar-refractivity contribution in [1.29, 1.82) is 0 Å². The molecule has 3 atom stereocenters. The van der Waals surface area contributed by atoms with Gasteiger partial charge in [0.1, 0.15) is 3.53 Å². The predicted octanol–water partition coefficient (Wildman–Crippen LogP) is 4.79. The minimum Gasteiger partial charge on any atom is -0.404 e. The Morgan fingerprint density at radius 1 is 1.10 bits per heavy atom. The van der Waals surface area contributed by atoms with E-state index in [1.165, 1.54) is 10.4 Å². The molecular formula is C24H31NO2S3Si. The molecule has 2 aromatic rings. The SMILES string of the molecule is CCSC(=S)SC1NC(=O)C1C(C)O[Si](c1ccccc1)(c1ccccc1)C(C)(C)C. The number of rotatable bonds is 7. The lowest BCUT2D eigenvalue weighted by Gasteiger charge is -2.48. The Morgan fingerprint density at radius 2 is 1.61 bits per heavy atom. The van der Waals surface area contributed by atoms with Crippen molar-refractivity contribution in [3.8, 4) is 0 Å². The average Bonchev–Trinajstić information content (AvgIpc) is 2.72. The largest absolute Gasteiger partial charge is 0.404 e. The molecule has 31 heavy (non-hydrogen) atoms. The average molecular weight is 490 g/mol. The van der Waals surface area contributed by atoms with Gasteiger partial charge < -0.3 is 9.74 Å². The molecule has 1 amide bonds. The Labute approximate surface area is 201 Å². The van der Waals surface area contributed by atoms with E-state index in [1.54, 1.807) is 23.5 Å². The summed E-state index contributed by atoms with van der Waals surface area (Å²) in [6.07, 6.45) is -0.230. The Kier molecular flexibility index (Phi) is 8.08. The normalized spacial score (nSPS) is 20.0. The Morgan fingerprint density at radius 3 is 2.03 bits per heavy atom. The molecular weight excluding hydrogens is 459 g/mol. The van der Waals surface area contributed by atoms with Crippen LogP contribution in [0.3, 0.4) is 0 Å². The number of thioether (sulfide) groups is 2. The zero-order valence-electron chi connectivity index (χ0n) is 18.8. The number of amides is 1. The first-order valence-electron chi connectivity index (χ1n) is 10.6. The van der Waals surface area contributed by atoms with Gasteiger partial charge in [-0.3, -0.25) is 4.79 Å². The van der Waals surface area contributed by atoms with Gasteiger partial charge in [-0.25, -0.2) is 0 Å². The lowest BCUT2D eigenvalue weighted by Crippen LogP contribution is -2.70. The van der Waals surface area contributed by atoms with Crippen molar-refractivity contribution in [1.82, 2.24) is 5.32 Å². The maximum Gasteiger partial charge on any atom is 0.261 e. The van der Waals surface area contributed by atoms with E-state index in [4.69, 9.17) is 16.6 Å². The first-order valence-corrected chi connectivity index (χ1v) is 14.8. The van der Waals surface area contributed by atoms with Crippen molar-refractivity contribution in [2.45, 2.75) is 51.1 Å². The van der Waals surface area contributed by atoms with Gasteiger partial charge in [-0.1, -0.05) is 112 Å². The van der Waals surface area contributed by atoms with Crippen LogP contribution >= 0.6 is 35.7 Å². The van der Waals surface area contributed by atoms with Crippen molar-refractivity contribution >= 4 is 63.9 Å². The lowest BCUT2D eigenvalue weighted by atomic mass is 9.96. The second-order valence-corrected chi connectivity index (χ2v) is 16.6. The molecule has 0 saturated carbocycles. The number of nitrogens with one attached hydrogen (secondary N) is 1. The number of carbonyl (C=O) groups is 1. The summed E-state index contributed by atoms with van der Waals surface area (Å²) in [6.45, 7) is 10.9. The number of carbonyl (C=O) groups excluding carboxylic acids is 1. The van der Waals surface area contributed by atoms with E-state index in [0.29, 0.717) is 0 Å². The molecule has 1 N–H and O–H groups in total. The molecule has 3 unspecified atom stereocenters. The van der Waals surface area contributed by atoms with E-state index in [1.807, 2.05) is 19.1 Å². The van der Waals surface area contributed by atoms with Crippen molar-refractivity contribution in [2.24, 2.45) is 5.92 Å². The van der Waals surface area contributed by atoms with Gasteiger partial charge in [0.25, 0.3) is 8.32 Å². The Balaban J connectivity index is 1.99. The van der Waals surface area contributed by atoms with Gasteiger partial charge >= 0.3 is 0 Å². The summed E-state index contributed by atoms with van der Waals surface area (Å²) in [7, 11) is -2.70. The minimum absolute atomic E-state index is 0.0349. The van der Waals surface area contributed by atoms with Crippen LogP contribution in [0.4, 0.5) is 0 Å². The van der Waals surface area contributed by atoms with Gasteiger partial charge in [0.15, 0.2) is 0 Å². The highest BCUT2D eigenvalue weighted by Crippen LogP contribution is 2.40. The van der Waals surface area contributed by atoms with Crippen LogP contribution in [-0.4, -0.2) is 35.0 Å². The van der Waals surface area contributed by atoms with Gasteiger partial charge in [0.05, 0.1) is 17.4 Å². The quantitative estimate of drug-likeness (QED) is 0.344. The molecule has 0 radical (unpaired) electrons. The molecule has 1 aliphatic rings. The molecule has 1 saturated heterocycles. The number of hydrogen-bond donors (Lipinski definition) is 1. The van der Waals surface area contributed by atoms with Gasteiger partial charge in [-0.15, -0.1) is 11.8 Å². The fourth-order valence-corrected chi connectivity index (χ4v) is 11.7. The Bertz CT molecular complexity index is 863. The molecule has 0 aromatic heterocycles. The first-order chi connectivity index (χ1) is 14.7. The molecule has 1 heterocycles. The fraction of sp³-hybridized carbons (Fsp3) is 0.417. The third-order valence-electron chi connectivity index (χ3n) is 5.68. The van der Waals surface area contributed by atoms with Crippen molar-refractivity contribution in [3.05, 3.63) is 60.7 Å². The molecule has 2 aromatic carbocycles. The summed E-state index contributed by atoms with van der Waals surface area (Å²) in [4.78, 5) is 12.6. The van der Waals surface area contributed by atoms with Crippen LogP contribution in [0.15, 0.2) is 60.7 Å². The summed E-state index contributed by atoms with van der Waals surface area (Å²) in [6, 6.07) is 21.1. The van der Waals surface area contributed by atoms with Crippen LogP contribution in [0.1, 0.15) is 34.6 Å². The standard InChI is InChI=1S/C24H31NO2S3Si/c1-6-29-23(28)30-22-20(21(26)25-22)17(2)27-31(24(3,4)5,18-13-9-7-10-14-18)19-15-11-8-12-16-19/h7-17,20,22H,6H2,1-5H3,(H,25,26). The smallest absolute Gasteiger partial charge is 0.261 e. The summed E-state index contributed by atoms with van der Waals surface area (Å²) in [5, 5.41) is 5.31. The van der Waals surface area contributed by atoms with E-state index in [9.17, 15) is 4.79 Å². The number of β-lactam (4-membered cyclic amide) rings is 1. The second-order valence-electron chi connectivity index (χ2n) is 8.74. The minimum atomic E-state index is -2.70. The zero-order chi connectivity index (χ0) is 22.6. The van der Waals surface area contributed by atoms with Crippen LogP contribution in [-0.2, 0) is 9.22 Å². The van der Waals surface area contributed by atoms with Crippen LogP contribution < -0.4 is 15.7 Å². The molecule has 0 spiro atoms. The predicted molar refractivity (Wildman–Crippen MR) is 142 cm³/mol. The maximum atomic E-state index is 12.6. The summed E-state index contributed by atoms with van der Waals surface area (Å²) < 4.78 is 8.01. The van der Waals surface area contributed by atoms with Crippen LogP contribution in [0.5, 0.6) is 0 Å². The third kappa shape index (κ3) is 5.11. The zero-order valence-corrected chi connectivity index (χ0v) is 22.2. The molecule has 166 valence electrons. The van der Waals surface area contributed by atoms with Crippen LogP contribution in [0, 0.1) is 5.92 Å². The topological polar surface area (TPSA) is 38.3 Å². The van der Waals surface area contributed by atoms with E-state index < -0.39 is 8.32 Å². The molecule has 3 rings (SSSR count). The molecule has 0 bridgehead atoms. The van der Waals surface area contributed by atoms with Gasteiger partial charge in [0.2, 0.25) is 5.91 Å². The van der Waals surface area contributed by atoms with Crippen molar-refractivity contribution in [3.63, 3.8) is 0 Å². The van der Waals surface area contributed by atoms with Crippen molar-refractivity contribution in [2.75, 3.05) is 5.75 Å². The van der Waals surface area contributed by atoms with Crippen LogP contribution in [0.25, 0.3) is 0 Å². The van der Waals surface area contributed by atoms with Gasteiger partial charge in [-0.2, -0.15) is 0 Å². The van der Waals surface area contributed by atoms with E-state index in [-0.39, 0.29) is 28.3 Å². The van der Waals surface area contributed by atoms with Crippen molar-refractivity contribution < 1.29 is 9.22 Å². The molecule has 0 aliphatic carbocycles. The number of benzene rings is 2. The molecule has 7 heteroatoms. The third-order valence-corrected chi connectivity index (χ3v) is 13.5. The maximum absolute atomic E-state index is 12.6. The van der Waals surface area contributed by atoms with Crippen LogP contribution in [0.2, 0.25) is 5.04 Å². The molecule has 1 aliphatic heterocycles. The summed E-state index contributed by atoms with van der Waals surface area (Å²) in [5.41, 5.74) is 0. The monoisotopic (exact) mass is 489 g/mol. The lowest BCUT2D eigenvalue weighted by molar-refractivity contribution is -0.136. The fourth-order valence-electron chi connectivity index (χ4n) is 4.23.